The molecule has 0 aromatic rings. The van der Waals surface area contributed by atoms with E-state index in [0.29, 0.717) is 30.1 Å². The lowest BCUT2D eigenvalue weighted by Gasteiger charge is -2.43. The summed E-state index contributed by atoms with van der Waals surface area (Å²) >= 11 is 0. The highest BCUT2D eigenvalue weighted by atomic mass is 16.3. The molecule has 3 N–H and O–H groups in total. The third-order valence-corrected chi connectivity index (χ3v) is 4.96. The molecule has 2 rings (SSSR count). The first-order chi connectivity index (χ1) is 7.99. The molecule has 2 aliphatic carbocycles. The summed E-state index contributed by atoms with van der Waals surface area (Å²) in [6.07, 6.45) is 3.48. The van der Waals surface area contributed by atoms with Crippen LogP contribution in [0.15, 0.2) is 0 Å². The number of hydrogen-bond acceptors (Lipinski definition) is 3. The Bertz CT molecular complexity index is 244. The Hall–Kier alpha value is -0.120. The van der Waals surface area contributed by atoms with Gasteiger partial charge < -0.3 is 15.3 Å². The van der Waals surface area contributed by atoms with Crippen LogP contribution in [0.3, 0.4) is 0 Å². The number of rotatable bonds is 1. The van der Waals surface area contributed by atoms with Gasteiger partial charge in [-0.25, -0.2) is 0 Å². The van der Waals surface area contributed by atoms with Gasteiger partial charge in [0.25, 0.3) is 0 Å². The van der Waals surface area contributed by atoms with Crippen LogP contribution in [0.25, 0.3) is 0 Å². The van der Waals surface area contributed by atoms with Gasteiger partial charge in [-0.1, -0.05) is 13.8 Å². The van der Waals surface area contributed by atoms with Crippen molar-refractivity contribution in [2.45, 2.75) is 64.3 Å². The van der Waals surface area contributed by atoms with E-state index in [1.807, 2.05) is 0 Å². The zero-order valence-corrected chi connectivity index (χ0v) is 10.9. The van der Waals surface area contributed by atoms with Crippen molar-refractivity contribution >= 4 is 0 Å². The zero-order chi connectivity index (χ0) is 12.6. The molecule has 0 saturated heterocycles. The SMILES string of the molecule is CC1CC(C2CCC(O)CC2O)CC(C)C1O. The fourth-order valence-electron chi connectivity index (χ4n) is 3.94. The van der Waals surface area contributed by atoms with E-state index >= 15 is 0 Å². The molecule has 3 nitrogen and oxygen atoms in total. The van der Waals surface area contributed by atoms with E-state index in [1.54, 1.807) is 0 Å². The number of aliphatic hydroxyl groups is 3. The van der Waals surface area contributed by atoms with Gasteiger partial charge >= 0.3 is 0 Å². The molecule has 3 heteroatoms. The van der Waals surface area contributed by atoms with E-state index in [2.05, 4.69) is 13.8 Å². The van der Waals surface area contributed by atoms with E-state index in [0.717, 1.165) is 25.7 Å². The molecular formula is C14H26O3. The van der Waals surface area contributed by atoms with E-state index < -0.39 is 0 Å². The molecule has 5 atom stereocenters. The zero-order valence-electron chi connectivity index (χ0n) is 10.9. The molecule has 2 saturated carbocycles. The largest absolute Gasteiger partial charge is 0.393 e. The van der Waals surface area contributed by atoms with Crippen molar-refractivity contribution in [1.29, 1.82) is 0 Å². The van der Waals surface area contributed by atoms with E-state index in [1.165, 1.54) is 0 Å². The van der Waals surface area contributed by atoms with Gasteiger partial charge in [0.15, 0.2) is 0 Å². The van der Waals surface area contributed by atoms with Crippen molar-refractivity contribution in [3.63, 3.8) is 0 Å². The van der Waals surface area contributed by atoms with Crippen molar-refractivity contribution in [2.75, 3.05) is 0 Å². The van der Waals surface area contributed by atoms with E-state index in [9.17, 15) is 15.3 Å². The van der Waals surface area contributed by atoms with Crippen molar-refractivity contribution in [2.24, 2.45) is 23.7 Å². The lowest BCUT2D eigenvalue weighted by molar-refractivity contribution is -0.0585. The van der Waals surface area contributed by atoms with Gasteiger partial charge in [0.05, 0.1) is 18.3 Å². The van der Waals surface area contributed by atoms with E-state index in [4.69, 9.17) is 0 Å². The molecule has 17 heavy (non-hydrogen) atoms. The Balaban J connectivity index is 1.98. The highest BCUT2D eigenvalue weighted by Crippen LogP contribution is 2.42. The van der Waals surface area contributed by atoms with Crippen molar-refractivity contribution in [1.82, 2.24) is 0 Å². The first-order valence-electron chi connectivity index (χ1n) is 7.03. The van der Waals surface area contributed by atoms with Crippen molar-refractivity contribution in [3.05, 3.63) is 0 Å². The molecule has 0 heterocycles. The Labute approximate surface area is 104 Å². The summed E-state index contributed by atoms with van der Waals surface area (Å²) in [5.74, 6) is 1.52. The Morgan fingerprint density at radius 1 is 0.824 bits per heavy atom. The molecule has 0 aliphatic heterocycles. The fourth-order valence-corrected chi connectivity index (χ4v) is 3.94. The Morgan fingerprint density at radius 2 is 1.41 bits per heavy atom. The summed E-state index contributed by atoms with van der Waals surface area (Å²) in [5.41, 5.74) is 0. The molecule has 5 unspecified atom stereocenters. The van der Waals surface area contributed by atoms with Crippen LogP contribution >= 0.6 is 0 Å². The van der Waals surface area contributed by atoms with Crippen molar-refractivity contribution < 1.29 is 15.3 Å². The summed E-state index contributed by atoms with van der Waals surface area (Å²) < 4.78 is 0. The van der Waals surface area contributed by atoms with Crippen LogP contribution in [-0.2, 0) is 0 Å². The Morgan fingerprint density at radius 3 is 1.94 bits per heavy atom. The Kier molecular flexibility index (Phi) is 4.11. The molecular weight excluding hydrogens is 216 g/mol. The summed E-state index contributed by atoms with van der Waals surface area (Å²) in [6, 6.07) is 0. The first-order valence-corrected chi connectivity index (χ1v) is 7.03. The molecule has 0 amide bonds. The number of aliphatic hydroxyl groups excluding tert-OH is 3. The van der Waals surface area contributed by atoms with Gasteiger partial charge in [-0.05, 0) is 55.8 Å². The second-order valence-corrected chi connectivity index (χ2v) is 6.37. The first kappa shape index (κ1) is 13.3. The minimum Gasteiger partial charge on any atom is -0.393 e. The molecule has 0 spiro atoms. The van der Waals surface area contributed by atoms with Gasteiger partial charge in [0, 0.05) is 0 Å². The maximum Gasteiger partial charge on any atom is 0.0595 e. The summed E-state index contributed by atoms with van der Waals surface area (Å²) in [4.78, 5) is 0. The van der Waals surface area contributed by atoms with Crippen LogP contribution in [0.1, 0.15) is 46.0 Å². The second-order valence-electron chi connectivity index (χ2n) is 6.37. The lowest BCUT2D eigenvalue weighted by atomic mass is 9.65. The van der Waals surface area contributed by atoms with Gasteiger partial charge in [0.1, 0.15) is 0 Å². The minimum atomic E-state index is -0.349. The normalized spacial score (nSPS) is 52.4. The lowest BCUT2D eigenvalue weighted by Crippen LogP contribution is -2.42. The van der Waals surface area contributed by atoms with Crippen LogP contribution < -0.4 is 0 Å². The third-order valence-electron chi connectivity index (χ3n) is 4.96. The minimum absolute atomic E-state index is 0.183. The average Bonchev–Trinajstić information content (AvgIpc) is 2.25. The van der Waals surface area contributed by atoms with Gasteiger partial charge in [-0.15, -0.1) is 0 Å². The van der Waals surface area contributed by atoms with Gasteiger partial charge in [-0.3, -0.25) is 0 Å². The highest BCUT2D eigenvalue weighted by molar-refractivity contribution is 4.90. The molecule has 0 bridgehead atoms. The molecule has 2 fully saturated rings. The maximum absolute atomic E-state index is 10.1. The molecule has 2 aliphatic rings. The summed E-state index contributed by atoms with van der Waals surface area (Å²) in [7, 11) is 0. The number of hydrogen-bond donors (Lipinski definition) is 3. The third kappa shape index (κ3) is 2.83. The molecule has 0 aromatic heterocycles. The van der Waals surface area contributed by atoms with Crippen LogP contribution in [0.2, 0.25) is 0 Å². The smallest absolute Gasteiger partial charge is 0.0595 e. The van der Waals surface area contributed by atoms with Crippen molar-refractivity contribution in [3.8, 4) is 0 Å². The highest BCUT2D eigenvalue weighted by Gasteiger charge is 2.39. The van der Waals surface area contributed by atoms with E-state index in [-0.39, 0.29) is 18.3 Å². The van der Waals surface area contributed by atoms with Crippen LogP contribution in [0.5, 0.6) is 0 Å². The quantitative estimate of drug-likeness (QED) is 0.654. The molecule has 0 radical (unpaired) electrons. The van der Waals surface area contributed by atoms with Crippen LogP contribution in [0, 0.1) is 23.7 Å². The fraction of sp³-hybridized carbons (Fsp3) is 1.00. The predicted molar refractivity (Wildman–Crippen MR) is 66.4 cm³/mol. The second kappa shape index (κ2) is 5.25. The van der Waals surface area contributed by atoms with Crippen LogP contribution in [-0.4, -0.2) is 33.6 Å². The predicted octanol–water partition coefficient (Wildman–Crippen LogP) is 1.55. The van der Waals surface area contributed by atoms with Crippen LogP contribution in [0.4, 0.5) is 0 Å². The van der Waals surface area contributed by atoms with Gasteiger partial charge in [-0.2, -0.15) is 0 Å². The molecule has 0 aromatic carbocycles. The van der Waals surface area contributed by atoms with Gasteiger partial charge in [0.2, 0.25) is 0 Å². The summed E-state index contributed by atoms with van der Waals surface area (Å²) in [6.45, 7) is 4.22. The molecule has 100 valence electrons. The average molecular weight is 242 g/mol. The standard InChI is InChI=1S/C14H26O3/c1-8-5-10(6-9(2)14(8)17)12-4-3-11(15)7-13(12)16/h8-17H,3-7H2,1-2H3. The summed E-state index contributed by atoms with van der Waals surface area (Å²) in [5, 5.41) is 29.6. The maximum atomic E-state index is 10.1. The monoisotopic (exact) mass is 242 g/mol. The topological polar surface area (TPSA) is 60.7 Å².